The van der Waals surface area contributed by atoms with Crippen molar-refractivity contribution >= 4 is 5.91 Å². The van der Waals surface area contributed by atoms with Crippen molar-refractivity contribution in [1.29, 1.82) is 0 Å². The van der Waals surface area contributed by atoms with E-state index in [1.165, 1.54) is 11.3 Å². The van der Waals surface area contributed by atoms with Crippen molar-refractivity contribution in [3.8, 4) is 0 Å². The largest absolute Gasteiger partial charge is 0.374 e. The Kier molecular flexibility index (Phi) is 5.78. The summed E-state index contributed by atoms with van der Waals surface area (Å²) in [5, 5.41) is 7.34. The molecule has 1 aliphatic rings. The van der Waals surface area contributed by atoms with Gasteiger partial charge in [0.05, 0.1) is 25.5 Å². The zero-order valence-electron chi connectivity index (χ0n) is 14.6. The summed E-state index contributed by atoms with van der Waals surface area (Å²) >= 11 is 0. The van der Waals surface area contributed by atoms with E-state index >= 15 is 0 Å². The van der Waals surface area contributed by atoms with Gasteiger partial charge in [0.25, 0.3) is 0 Å². The van der Waals surface area contributed by atoms with Crippen LogP contribution in [-0.2, 0) is 21.5 Å². The second kappa shape index (κ2) is 7.42. The predicted molar refractivity (Wildman–Crippen MR) is 89.0 cm³/mol. The number of hydrogen-bond donors (Lipinski definition) is 2. The van der Waals surface area contributed by atoms with Gasteiger partial charge in [-0.05, 0) is 7.05 Å². The molecule has 0 spiro atoms. The number of likely N-dealkylation sites (N-methyl/N-ethyl adjacent to an activating group) is 1. The van der Waals surface area contributed by atoms with Gasteiger partial charge < -0.3 is 10.5 Å². The smallest absolute Gasteiger partial charge is 0.231 e. The Hall–Kier alpha value is -1.44. The van der Waals surface area contributed by atoms with Gasteiger partial charge in [0.2, 0.25) is 5.91 Å². The number of H-pyrrole nitrogens is 1. The van der Waals surface area contributed by atoms with Crippen LogP contribution in [-0.4, -0.2) is 71.8 Å². The number of carbonyl (C=O) groups excluding carboxylic acids is 1. The third-order valence-corrected chi connectivity index (χ3v) is 4.03. The third-order valence-electron chi connectivity index (χ3n) is 4.03. The highest BCUT2D eigenvalue weighted by Crippen LogP contribution is 2.24. The molecule has 0 aromatic carbocycles. The highest BCUT2D eigenvalue weighted by atomic mass is 16.5. The van der Waals surface area contributed by atoms with Crippen LogP contribution in [0.15, 0.2) is 6.20 Å². The standard InChI is InChI=1S/C16H29N5O2/c1-16(2,3)15-12(7-18-19-15)8-21-5-6-23-13(10-21)9-20(4)11-14(17)22/h7,13H,5-6,8-11H2,1-4H3,(H2,17,22)(H,18,19)/t13-/m0/s1. The molecule has 1 atom stereocenters. The maximum atomic E-state index is 11.0. The first-order chi connectivity index (χ1) is 10.8. The molecule has 130 valence electrons. The van der Waals surface area contributed by atoms with Gasteiger partial charge in [0.15, 0.2) is 0 Å². The molecule has 7 nitrogen and oxygen atoms in total. The molecule has 0 saturated carbocycles. The molecule has 23 heavy (non-hydrogen) atoms. The lowest BCUT2D eigenvalue weighted by atomic mass is 9.89. The summed E-state index contributed by atoms with van der Waals surface area (Å²) in [5.74, 6) is -0.312. The van der Waals surface area contributed by atoms with Crippen LogP contribution >= 0.6 is 0 Å². The predicted octanol–water partition coefficient (Wildman–Crippen LogP) is 0.325. The van der Waals surface area contributed by atoms with Crippen LogP contribution in [0.3, 0.4) is 0 Å². The molecule has 0 radical (unpaired) electrons. The number of carbonyl (C=O) groups is 1. The van der Waals surface area contributed by atoms with E-state index in [-0.39, 0.29) is 24.0 Å². The Morgan fingerprint density at radius 2 is 2.30 bits per heavy atom. The SMILES string of the molecule is CN(CC(N)=O)C[C@H]1CN(Cc2cn[nH]c2C(C)(C)C)CCO1. The molecule has 0 unspecified atom stereocenters. The fourth-order valence-electron chi connectivity index (χ4n) is 3.03. The van der Waals surface area contributed by atoms with Crippen molar-refractivity contribution in [2.24, 2.45) is 5.73 Å². The number of aromatic nitrogens is 2. The van der Waals surface area contributed by atoms with Gasteiger partial charge >= 0.3 is 0 Å². The number of primary amides is 1. The zero-order chi connectivity index (χ0) is 17.0. The summed E-state index contributed by atoms with van der Waals surface area (Å²) < 4.78 is 5.82. The molecule has 1 saturated heterocycles. The number of nitrogens with one attached hydrogen (secondary N) is 1. The van der Waals surface area contributed by atoms with Crippen LogP contribution in [0.5, 0.6) is 0 Å². The number of nitrogens with two attached hydrogens (primary N) is 1. The van der Waals surface area contributed by atoms with Crippen LogP contribution in [0.2, 0.25) is 0 Å². The summed E-state index contributed by atoms with van der Waals surface area (Å²) in [6.45, 7) is 10.8. The Labute approximate surface area is 138 Å². The maximum absolute atomic E-state index is 11.0. The van der Waals surface area contributed by atoms with Crippen LogP contribution in [0, 0.1) is 0 Å². The third kappa shape index (κ3) is 5.30. The van der Waals surface area contributed by atoms with E-state index in [9.17, 15) is 4.79 Å². The second-order valence-electron chi connectivity index (χ2n) is 7.41. The highest BCUT2D eigenvalue weighted by Gasteiger charge is 2.25. The minimum Gasteiger partial charge on any atom is -0.374 e. The molecule has 2 rings (SSSR count). The molecule has 1 fully saturated rings. The highest BCUT2D eigenvalue weighted by molar-refractivity contribution is 5.75. The lowest BCUT2D eigenvalue weighted by Gasteiger charge is -2.35. The molecular formula is C16H29N5O2. The molecule has 0 aliphatic carbocycles. The fourth-order valence-corrected chi connectivity index (χ4v) is 3.03. The number of hydrogen-bond acceptors (Lipinski definition) is 5. The second-order valence-corrected chi connectivity index (χ2v) is 7.41. The van der Waals surface area contributed by atoms with Crippen LogP contribution in [0.1, 0.15) is 32.0 Å². The lowest BCUT2D eigenvalue weighted by Crippen LogP contribution is -2.47. The summed E-state index contributed by atoms with van der Waals surface area (Å²) in [6.07, 6.45) is 2.02. The molecule has 1 amide bonds. The Bertz CT molecular complexity index is 523. The zero-order valence-corrected chi connectivity index (χ0v) is 14.6. The summed E-state index contributed by atoms with van der Waals surface area (Å²) in [6, 6.07) is 0. The molecule has 1 aromatic rings. The molecule has 7 heteroatoms. The molecule has 0 bridgehead atoms. The van der Waals surface area contributed by atoms with E-state index in [1.54, 1.807) is 0 Å². The average molecular weight is 323 g/mol. The van der Waals surface area contributed by atoms with Crippen LogP contribution < -0.4 is 5.73 Å². The van der Waals surface area contributed by atoms with Crippen LogP contribution in [0.25, 0.3) is 0 Å². The summed E-state index contributed by atoms with van der Waals surface area (Å²) in [7, 11) is 1.89. The maximum Gasteiger partial charge on any atom is 0.231 e. The van der Waals surface area contributed by atoms with Gasteiger partial charge in [-0.2, -0.15) is 5.10 Å². The minimum absolute atomic E-state index is 0.0548. The van der Waals surface area contributed by atoms with Gasteiger partial charge in [-0.1, -0.05) is 20.8 Å². The van der Waals surface area contributed by atoms with E-state index in [2.05, 4.69) is 35.9 Å². The Morgan fingerprint density at radius 1 is 1.57 bits per heavy atom. The number of aromatic amines is 1. The first-order valence-electron chi connectivity index (χ1n) is 8.09. The van der Waals surface area contributed by atoms with Gasteiger partial charge in [-0.3, -0.25) is 19.7 Å². The quantitative estimate of drug-likeness (QED) is 0.787. The van der Waals surface area contributed by atoms with Crippen molar-refractivity contribution in [2.45, 2.75) is 38.8 Å². The van der Waals surface area contributed by atoms with Gasteiger partial charge in [0, 0.05) is 42.9 Å². The molecular weight excluding hydrogens is 294 g/mol. The molecule has 1 aromatic heterocycles. The lowest BCUT2D eigenvalue weighted by molar-refractivity contribution is -0.119. The van der Waals surface area contributed by atoms with Gasteiger partial charge in [0.1, 0.15) is 0 Å². The monoisotopic (exact) mass is 323 g/mol. The van der Waals surface area contributed by atoms with Crippen molar-refractivity contribution in [2.75, 3.05) is 39.8 Å². The van der Waals surface area contributed by atoms with E-state index < -0.39 is 0 Å². The normalized spacial score (nSPS) is 20.1. The Morgan fingerprint density at radius 3 is 2.96 bits per heavy atom. The van der Waals surface area contributed by atoms with E-state index in [0.29, 0.717) is 13.2 Å². The number of rotatable bonds is 6. The van der Waals surface area contributed by atoms with Crippen molar-refractivity contribution in [1.82, 2.24) is 20.0 Å². The number of amides is 1. The number of ether oxygens (including phenoxy) is 1. The van der Waals surface area contributed by atoms with E-state index in [0.717, 1.165) is 19.6 Å². The van der Waals surface area contributed by atoms with E-state index in [1.807, 2.05) is 18.1 Å². The van der Waals surface area contributed by atoms with Gasteiger partial charge in [-0.25, -0.2) is 0 Å². The molecule has 2 heterocycles. The van der Waals surface area contributed by atoms with Crippen molar-refractivity contribution in [3.05, 3.63) is 17.5 Å². The number of morpholine rings is 1. The fraction of sp³-hybridized carbons (Fsp3) is 0.750. The summed E-state index contributed by atoms with van der Waals surface area (Å²) in [4.78, 5) is 15.3. The first kappa shape index (κ1) is 17.9. The first-order valence-corrected chi connectivity index (χ1v) is 8.09. The van der Waals surface area contributed by atoms with E-state index in [4.69, 9.17) is 10.5 Å². The Balaban J connectivity index is 1.92. The minimum atomic E-state index is -0.312. The van der Waals surface area contributed by atoms with Gasteiger partial charge in [-0.15, -0.1) is 0 Å². The van der Waals surface area contributed by atoms with Crippen LogP contribution in [0.4, 0.5) is 0 Å². The van der Waals surface area contributed by atoms with Crippen molar-refractivity contribution < 1.29 is 9.53 Å². The molecule has 3 N–H and O–H groups in total. The molecule has 1 aliphatic heterocycles. The topological polar surface area (TPSA) is 87.5 Å². The summed E-state index contributed by atoms with van der Waals surface area (Å²) in [5.41, 5.74) is 7.71. The van der Waals surface area contributed by atoms with Crippen molar-refractivity contribution in [3.63, 3.8) is 0 Å². The average Bonchev–Trinajstić information content (AvgIpc) is 2.86. The number of nitrogens with zero attached hydrogens (tertiary/aromatic N) is 3.